The molecule has 0 bridgehead atoms. The van der Waals surface area contributed by atoms with E-state index in [1.165, 1.54) is 12.1 Å². The van der Waals surface area contributed by atoms with Crippen molar-refractivity contribution in [2.45, 2.75) is 26.3 Å². The van der Waals surface area contributed by atoms with E-state index in [-0.39, 0.29) is 37.0 Å². The summed E-state index contributed by atoms with van der Waals surface area (Å²) in [6.07, 6.45) is 0.708. The van der Waals surface area contributed by atoms with Gasteiger partial charge in [-0.1, -0.05) is 12.1 Å². The summed E-state index contributed by atoms with van der Waals surface area (Å²) >= 11 is 0. The maximum atomic E-state index is 13.2. The highest BCUT2D eigenvalue weighted by atomic mass is 19.1. The van der Waals surface area contributed by atoms with E-state index in [9.17, 15) is 14.0 Å². The van der Waals surface area contributed by atoms with Crippen molar-refractivity contribution in [1.29, 1.82) is 0 Å². The molecule has 0 radical (unpaired) electrons. The van der Waals surface area contributed by atoms with Gasteiger partial charge in [0.2, 0.25) is 5.91 Å². The van der Waals surface area contributed by atoms with Crippen LogP contribution in [0.1, 0.15) is 34.2 Å². The van der Waals surface area contributed by atoms with E-state index in [1.807, 2.05) is 24.3 Å². The van der Waals surface area contributed by atoms with Crippen molar-refractivity contribution in [3.8, 4) is 11.4 Å². The van der Waals surface area contributed by atoms with Crippen LogP contribution in [0.25, 0.3) is 5.69 Å². The molecule has 4 rings (SSSR count). The summed E-state index contributed by atoms with van der Waals surface area (Å²) < 4.78 is 25.3. The third kappa shape index (κ3) is 4.34. The number of nitrogens with zero attached hydrogens (tertiary/aromatic N) is 3. The maximum absolute atomic E-state index is 13.2. The second-order valence-corrected chi connectivity index (χ2v) is 7.47. The van der Waals surface area contributed by atoms with Crippen LogP contribution in [-0.4, -0.2) is 46.8 Å². The van der Waals surface area contributed by atoms with Gasteiger partial charge in [-0.25, -0.2) is 13.9 Å². The van der Waals surface area contributed by atoms with Gasteiger partial charge in [-0.15, -0.1) is 0 Å². The zero-order chi connectivity index (χ0) is 22.7. The zero-order valence-electron chi connectivity index (χ0n) is 18.0. The zero-order valence-corrected chi connectivity index (χ0v) is 18.0. The summed E-state index contributed by atoms with van der Waals surface area (Å²) in [5.41, 5.74) is 3.32. The Balaban J connectivity index is 1.63. The van der Waals surface area contributed by atoms with E-state index in [0.29, 0.717) is 18.5 Å². The fraction of sp³-hybridized carbons (Fsp3) is 0.292. The average molecular weight is 437 g/mol. The van der Waals surface area contributed by atoms with Crippen LogP contribution in [0.5, 0.6) is 5.75 Å². The number of hydrogen-bond donors (Lipinski definition) is 0. The highest BCUT2D eigenvalue weighted by molar-refractivity contribution is 5.90. The molecule has 1 aliphatic rings. The monoisotopic (exact) mass is 437 g/mol. The molecule has 7 nitrogen and oxygen atoms in total. The molecule has 0 saturated carbocycles. The lowest BCUT2D eigenvalue weighted by Gasteiger charge is -2.28. The SMILES string of the molecule is CCOC(=O)c1nn(-c2ccc(OC)cc2)c2c1CN(C(=O)Cc1ccc(F)cc1)CC2. The fourth-order valence-electron chi connectivity index (χ4n) is 3.82. The number of carbonyl (C=O) groups is 2. The number of carbonyl (C=O) groups excluding carboxylic acids is 2. The lowest BCUT2D eigenvalue weighted by Crippen LogP contribution is -2.37. The number of amides is 1. The third-order valence-corrected chi connectivity index (χ3v) is 5.46. The largest absolute Gasteiger partial charge is 0.497 e. The molecule has 1 aromatic heterocycles. The van der Waals surface area contributed by atoms with Crippen molar-refractivity contribution < 1.29 is 23.5 Å². The van der Waals surface area contributed by atoms with Gasteiger partial charge in [-0.3, -0.25) is 4.79 Å². The molecule has 166 valence electrons. The van der Waals surface area contributed by atoms with E-state index in [0.717, 1.165) is 22.7 Å². The van der Waals surface area contributed by atoms with Crippen LogP contribution >= 0.6 is 0 Å². The minimum atomic E-state index is -0.510. The van der Waals surface area contributed by atoms with Crippen molar-refractivity contribution in [1.82, 2.24) is 14.7 Å². The van der Waals surface area contributed by atoms with Crippen LogP contribution < -0.4 is 4.74 Å². The molecule has 32 heavy (non-hydrogen) atoms. The summed E-state index contributed by atoms with van der Waals surface area (Å²) in [4.78, 5) is 27.2. The molecular formula is C24H24FN3O4. The van der Waals surface area contributed by atoms with Gasteiger partial charge in [0.25, 0.3) is 0 Å². The van der Waals surface area contributed by atoms with Crippen molar-refractivity contribution in [2.75, 3.05) is 20.3 Å². The molecule has 0 N–H and O–H groups in total. The Kier molecular flexibility index (Phi) is 6.20. The van der Waals surface area contributed by atoms with Crippen LogP contribution in [0.4, 0.5) is 4.39 Å². The molecule has 0 aliphatic carbocycles. The smallest absolute Gasteiger partial charge is 0.359 e. The van der Waals surface area contributed by atoms with E-state index in [4.69, 9.17) is 9.47 Å². The van der Waals surface area contributed by atoms with Crippen molar-refractivity contribution in [2.24, 2.45) is 0 Å². The van der Waals surface area contributed by atoms with Gasteiger partial charge in [-0.05, 0) is 48.9 Å². The Morgan fingerprint density at radius 1 is 1.09 bits per heavy atom. The summed E-state index contributed by atoms with van der Waals surface area (Å²) in [5.74, 6) is -0.218. The lowest BCUT2D eigenvalue weighted by atomic mass is 10.0. The summed E-state index contributed by atoms with van der Waals surface area (Å²) in [7, 11) is 1.60. The Labute approximate surface area is 185 Å². The van der Waals surface area contributed by atoms with Gasteiger partial charge in [0.15, 0.2) is 5.69 Å². The molecule has 1 aliphatic heterocycles. The molecule has 3 aromatic rings. The van der Waals surface area contributed by atoms with Crippen LogP contribution in [0.15, 0.2) is 48.5 Å². The average Bonchev–Trinajstić information content (AvgIpc) is 3.20. The lowest BCUT2D eigenvalue weighted by molar-refractivity contribution is -0.131. The Morgan fingerprint density at radius 3 is 2.47 bits per heavy atom. The first-order valence-corrected chi connectivity index (χ1v) is 10.4. The Bertz CT molecular complexity index is 1120. The number of aromatic nitrogens is 2. The minimum absolute atomic E-state index is 0.0886. The van der Waals surface area contributed by atoms with Gasteiger partial charge >= 0.3 is 5.97 Å². The molecule has 0 atom stereocenters. The number of benzene rings is 2. The molecule has 1 amide bonds. The number of ether oxygens (including phenoxy) is 2. The Morgan fingerprint density at radius 2 is 1.81 bits per heavy atom. The maximum Gasteiger partial charge on any atom is 0.359 e. The molecule has 0 spiro atoms. The molecule has 2 aromatic carbocycles. The molecule has 0 unspecified atom stereocenters. The predicted octanol–water partition coefficient (Wildman–Crippen LogP) is 3.32. The van der Waals surface area contributed by atoms with E-state index >= 15 is 0 Å². The quantitative estimate of drug-likeness (QED) is 0.553. The van der Waals surface area contributed by atoms with Gasteiger partial charge in [0.05, 0.1) is 31.5 Å². The number of hydrogen-bond acceptors (Lipinski definition) is 5. The first-order chi connectivity index (χ1) is 15.5. The molecule has 8 heteroatoms. The molecule has 0 fully saturated rings. The molecular weight excluding hydrogens is 413 g/mol. The number of halogens is 1. The van der Waals surface area contributed by atoms with Crippen LogP contribution in [-0.2, 0) is 28.9 Å². The second kappa shape index (κ2) is 9.21. The predicted molar refractivity (Wildman–Crippen MR) is 115 cm³/mol. The summed E-state index contributed by atoms with van der Waals surface area (Å²) in [5, 5.41) is 4.55. The Hall–Kier alpha value is -3.68. The summed E-state index contributed by atoms with van der Waals surface area (Å²) in [6, 6.07) is 13.3. The minimum Gasteiger partial charge on any atom is -0.497 e. The molecule has 0 saturated heterocycles. The first-order valence-electron chi connectivity index (χ1n) is 10.4. The standard InChI is InChI=1S/C24H24FN3O4/c1-3-32-24(30)23-20-15-27(22(29)14-16-4-6-17(25)7-5-16)13-12-21(20)28(26-23)18-8-10-19(31-2)11-9-18/h4-11H,3,12-15H2,1-2H3. The van der Waals surface area contributed by atoms with Gasteiger partial charge in [0.1, 0.15) is 11.6 Å². The number of fused-ring (bicyclic) bond motifs is 1. The van der Waals surface area contributed by atoms with E-state index < -0.39 is 5.97 Å². The highest BCUT2D eigenvalue weighted by Crippen LogP contribution is 2.27. The van der Waals surface area contributed by atoms with Gasteiger partial charge in [0, 0.05) is 25.1 Å². The summed E-state index contributed by atoms with van der Waals surface area (Å²) in [6.45, 7) is 2.73. The van der Waals surface area contributed by atoms with Crippen molar-refractivity contribution in [3.05, 3.63) is 76.9 Å². The number of esters is 1. The van der Waals surface area contributed by atoms with Crippen LogP contribution in [0.3, 0.4) is 0 Å². The fourth-order valence-corrected chi connectivity index (χ4v) is 3.82. The van der Waals surface area contributed by atoms with Crippen LogP contribution in [0.2, 0.25) is 0 Å². The topological polar surface area (TPSA) is 73.7 Å². The van der Waals surface area contributed by atoms with Crippen molar-refractivity contribution >= 4 is 11.9 Å². The van der Waals surface area contributed by atoms with Gasteiger partial charge in [-0.2, -0.15) is 5.10 Å². The third-order valence-electron chi connectivity index (χ3n) is 5.46. The normalized spacial score (nSPS) is 12.9. The van der Waals surface area contributed by atoms with Crippen LogP contribution in [0, 0.1) is 5.82 Å². The van der Waals surface area contributed by atoms with E-state index in [2.05, 4.69) is 5.10 Å². The van der Waals surface area contributed by atoms with E-state index in [1.54, 1.807) is 35.7 Å². The number of rotatable bonds is 6. The van der Waals surface area contributed by atoms with Crippen molar-refractivity contribution in [3.63, 3.8) is 0 Å². The number of methoxy groups -OCH3 is 1. The first kappa shape index (κ1) is 21.5. The van der Waals surface area contributed by atoms with Gasteiger partial charge < -0.3 is 14.4 Å². The molecule has 2 heterocycles. The highest BCUT2D eigenvalue weighted by Gasteiger charge is 2.31. The second-order valence-electron chi connectivity index (χ2n) is 7.47.